The van der Waals surface area contributed by atoms with Crippen LogP contribution in [0.25, 0.3) is 0 Å². The minimum atomic E-state index is -0.384. The molecule has 2 aromatic rings. The molecule has 0 saturated heterocycles. The normalized spacial score (nSPS) is 16.2. The van der Waals surface area contributed by atoms with Crippen molar-refractivity contribution < 1.29 is 9.59 Å². The van der Waals surface area contributed by atoms with Gasteiger partial charge in [0.25, 0.3) is 0 Å². The zero-order valence-electron chi connectivity index (χ0n) is 18.1. The van der Waals surface area contributed by atoms with Gasteiger partial charge in [-0.3, -0.25) is 14.5 Å². The van der Waals surface area contributed by atoms with Gasteiger partial charge in [-0.15, -0.1) is 5.10 Å². The van der Waals surface area contributed by atoms with Crippen molar-refractivity contribution in [2.75, 3.05) is 26.2 Å². The van der Waals surface area contributed by atoms with Crippen LogP contribution in [0, 0.1) is 5.92 Å². The van der Waals surface area contributed by atoms with Gasteiger partial charge in [0.1, 0.15) is 6.04 Å². The molecule has 0 saturated carbocycles. The van der Waals surface area contributed by atoms with Gasteiger partial charge in [-0.25, -0.2) is 4.68 Å². The molecule has 8 heteroatoms. The molecule has 2 amide bonds. The van der Waals surface area contributed by atoms with Crippen LogP contribution in [-0.2, 0) is 22.7 Å². The molecule has 1 aliphatic heterocycles. The summed E-state index contributed by atoms with van der Waals surface area (Å²) in [5.74, 6) is 0.147. The molecule has 0 unspecified atom stereocenters. The van der Waals surface area contributed by atoms with Crippen molar-refractivity contribution in [3.63, 3.8) is 0 Å². The van der Waals surface area contributed by atoms with Crippen molar-refractivity contribution in [2.45, 2.75) is 46.3 Å². The number of fused-ring (bicyclic) bond motifs is 1. The Kier molecular flexibility index (Phi) is 7.57. The molecule has 1 aromatic heterocycles. The summed E-state index contributed by atoms with van der Waals surface area (Å²) in [6.07, 6.45) is 2.35. The van der Waals surface area contributed by atoms with E-state index in [1.54, 1.807) is 15.8 Å². The monoisotopic (exact) mass is 412 g/mol. The lowest BCUT2D eigenvalue weighted by molar-refractivity contribution is -0.142. The van der Waals surface area contributed by atoms with Gasteiger partial charge in [0.2, 0.25) is 11.8 Å². The zero-order chi connectivity index (χ0) is 21.5. The number of benzene rings is 1. The maximum Gasteiger partial charge on any atom is 0.248 e. The minimum Gasteiger partial charge on any atom is -0.353 e. The van der Waals surface area contributed by atoms with Gasteiger partial charge in [0.05, 0.1) is 25.0 Å². The van der Waals surface area contributed by atoms with E-state index in [0.717, 1.165) is 25.3 Å². The molecule has 1 atom stereocenters. The average Bonchev–Trinajstić information content (AvgIpc) is 3.19. The van der Waals surface area contributed by atoms with Crippen molar-refractivity contribution in [3.8, 4) is 0 Å². The Hall–Kier alpha value is -2.74. The van der Waals surface area contributed by atoms with Crippen LogP contribution < -0.4 is 5.32 Å². The van der Waals surface area contributed by atoms with Gasteiger partial charge in [0, 0.05) is 19.6 Å². The fraction of sp³-hybridized carbons (Fsp3) is 0.545. The molecule has 0 spiro atoms. The minimum absolute atomic E-state index is 0.0589. The number of aromatic nitrogens is 3. The Balaban J connectivity index is 1.50. The maximum atomic E-state index is 12.9. The van der Waals surface area contributed by atoms with E-state index in [4.69, 9.17) is 0 Å². The number of carbonyl (C=O) groups is 2. The molecular weight excluding hydrogens is 380 g/mol. The Labute approximate surface area is 178 Å². The SMILES string of the molecule is CCN(CCNC(=O)CN1Cc2cnnn2[C@@H](CC(C)C)C1=O)Cc1ccccc1. The molecule has 0 aliphatic carbocycles. The summed E-state index contributed by atoms with van der Waals surface area (Å²) in [4.78, 5) is 29.3. The van der Waals surface area contributed by atoms with E-state index in [-0.39, 0.29) is 24.4 Å². The van der Waals surface area contributed by atoms with Crippen LogP contribution in [0.1, 0.15) is 44.5 Å². The van der Waals surface area contributed by atoms with Crippen LogP contribution >= 0.6 is 0 Å². The molecule has 8 nitrogen and oxygen atoms in total. The van der Waals surface area contributed by atoms with Gasteiger partial charge in [-0.1, -0.05) is 56.3 Å². The van der Waals surface area contributed by atoms with Gasteiger partial charge in [-0.05, 0) is 24.4 Å². The van der Waals surface area contributed by atoms with Crippen molar-refractivity contribution in [2.24, 2.45) is 5.92 Å². The number of hydrogen-bond acceptors (Lipinski definition) is 5. The van der Waals surface area contributed by atoms with Gasteiger partial charge < -0.3 is 10.2 Å². The summed E-state index contributed by atoms with van der Waals surface area (Å²) >= 11 is 0. The van der Waals surface area contributed by atoms with Crippen LogP contribution in [0.3, 0.4) is 0 Å². The van der Waals surface area contributed by atoms with Crippen LogP contribution in [-0.4, -0.2) is 62.8 Å². The molecule has 1 aromatic carbocycles. The van der Waals surface area contributed by atoms with E-state index in [9.17, 15) is 9.59 Å². The number of carbonyl (C=O) groups excluding carboxylic acids is 2. The van der Waals surface area contributed by atoms with Crippen molar-refractivity contribution in [1.82, 2.24) is 30.1 Å². The first-order valence-electron chi connectivity index (χ1n) is 10.7. The summed E-state index contributed by atoms with van der Waals surface area (Å²) in [6.45, 7) is 9.76. The predicted octanol–water partition coefficient (Wildman–Crippen LogP) is 1.85. The summed E-state index contributed by atoms with van der Waals surface area (Å²) in [5, 5.41) is 11.0. The highest BCUT2D eigenvalue weighted by atomic mass is 16.2. The third kappa shape index (κ3) is 5.66. The second-order valence-electron chi connectivity index (χ2n) is 8.21. The molecule has 0 fully saturated rings. The van der Waals surface area contributed by atoms with E-state index < -0.39 is 0 Å². The van der Waals surface area contributed by atoms with Crippen LogP contribution in [0.15, 0.2) is 36.5 Å². The molecule has 162 valence electrons. The molecule has 0 bridgehead atoms. The predicted molar refractivity (Wildman–Crippen MR) is 114 cm³/mol. The molecule has 2 heterocycles. The summed E-state index contributed by atoms with van der Waals surface area (Å²) in [5.41, 5.74) is 2.12. The quantitative estimate of drug-likeness (QED) is 0.644. The van der Waals surface area contributed by atoms with Gasteiger partial charge >= 0.3 is 0 Å². The van der Waals surface area contributed by atoms with Crippen LogP contribution in [0.2, 0.25) is 0 Å². The first-order valence-corrected chi connectivity index (χ1v) is 10.7. The van der Waals surface area contributed by atoms with Crippen molar-refractivity contribution in [1.29, 1.82) is 0 Å². The Bertz CT molecular complexity index is 835. The second-order valence-corrected chi connectivity index (χ2v) is 8.21. The van der Waals surface area contributed by atoms with Gasteiger partial charge in [-0.2, -0.15) is 0 Å². The van der Waals surface area contributed by atoms with Crippen LogP contribution in [0.5, 0.6) is 0 Å². The molecule has 1 aliphatic rings. The fourth-order valence-corrected chi connectivity index (χ4v) is 3.78. The number of hydrogen-bond donors (Lipinski definition) is 1. The standard InChI is InChI=1S/C22H32N6O2/c1-4-26(14-18-8-6-5-7-9-18)11-10-23-21(29)16-27-15-19-13-24-25-28(19)20(22(27)30)12-17(2)3/h5-9,13,17,20H,4,10-12,14-16H2,1-3H3,(H,23,29)/t20-/m0/s1. The van der Waals surface area contributed by atoms with Gasteiger partial charge in [0.15, 0.2) is 0 Å². The largest absolute Gasteiger partial charge is 0.353 e. The third-order valence-electron chi connectivity index (χ3n) is 5.37. The molecule has 1 N–H and O–H groups in total. The highest BCUT2D eigenvalue weighted by molar-refractivity contribution is 5.87. The zero-order valence-corrected chi connectivity index (χ0v) is 18.1. The van der Waals surface area contributed by atoms with E-state index in [2.05, 4.69) is 53.4 Å². The number of amides is 2. The average molecular weight is 413 g/mol. The molecule has 3 rings (SSSR count). The maximum absolute atomic E-state index is 12.9. The van der Waals surface area contributed by atoms with E-state index in [0.29, 0.717) is 25.4 Å². The summed E-state index contributed by atoms with van der Waals surface area (Å²) in [7, 11) is 0. The third-order valence-corrected chi connectivity index (χ3v) is 5.37. The Morgan fingerprint density at radius 1 is 1.30 bits per heavy atom. The highest BCUT2D eigenvalue weighted by Crippen LogP contribution is 2.26. The smallest absolute Gasteiger partial charge is 0.248 e. The lowest BCUT2D eigenvalue weighted by Crippen LogP contribution is -2.48. The van der Waals surface area contributed by atoms with E-state index >= 15 is 0 Å². The molecule has 0 radical (unpaired) electrons. The molecular formula is C22H32N6O2. The first-order chi connectivity index (χ1) is 14.5. The van der Waals surface area contributed by atoms with E-state index in [1.165, 1.54) is 5.56 Å². The van der Waals surface area contributed by atoms with E-state index in [1.807, 2.05) is 18.2 Å². The van der Waals surface area contributed by atoms with Crippen molar-refractivity contribution in [3.05, 3.63) is 47.8 Å². The first kappa shape index (κ1) is 22.0. The topological polar surface area (TPSA) is 83.4 Å². The Morgan fingerprint density at radius 3 is 2.77 bits per heavy atom. The lowest BCUT2D eigenvalue weighted by atomic mass is 10.0. The number of nitrogens with zero attached hydrogens (tertiary/aromatic N) is 5. The second kappa shape index (κ2) is 10.3. The fourth-order valence-electron chi connectivity index (χ4n) is 3.78. The summed E-state index contributed by atoms with van der Waals surface area (Å²) < 4.78 is 1.71. The molecule has 30 heavy (non-hydrogen) atoms. The van der Waals surface area contributed by atoms with Crippen LogP contribution in [0.4, 0.5) is 0 Å². The summed E-state index contributed by atoms with van der Waals surface area (Å²) in [6, 6.07) is 9.91. The van der Waals surface area contributed by atoms with Crippen molar-refractivity contribution >= 4 is 11.8 Å². The highest BCUT2D eigenvalue weighted by Gasteiger charge is 2.35. The Morgan fingerprint density at radius 2 is 2.07 bits per heavy atom. The number of rotatable bonds is 10. The number of nitrogens with one attached hydrogen (secondary N) is 1. The number of likely N-dealkylation sites (N-methyl/N-ethyl adjacent to an activating group) is 1. The lowest BCUT2D eigenvalue weighted by Gasteiger charge is -2.33.